The number of nitrogens with one attached hydrogen (secondary N) is 2. The Hall–Kier alpha value is -2.22. The van der Waals surface area contributed by atoms with Crippen molar-refractivity contribution in [2.24, 2.45) is 0 Å². The van der Waals surface area contributed by atoms with Gasteiger partial charge < -0.3 is 10.6 Å². The highest BCUT2D eigenvalue weighted by molar-refractivity contribution is 7.09. The topological polar surface area (TPSA) is 93.0 Å². The van der Waals surface area contributed by atoms with Crippen LogP contribution in [0.25, 0.3) is 0 Å². The Kier molecular flexibility index (Phi) is 3.68. The average Bonchev–Trinajstić information content (AvgIpc) is 2.88. The first-order valence-electron chi connectivity index (χ1n) is 5.15. The maximum atomic E-state index is 10.9. The van der Waals surface area contributed by atoms with Crippen LogP contribution in [0.2, 0.25) is 0 Å². The van der Waals surface area contributed by atoms with Gasteiger partial charge in [-0.1, -0.05) is 0 Å². The molecule has 0 unspecified atom stereocenters. The summed E-state index contributed by atoms with van der Waals surface area (Å²) in [6.07, 6.45) is 1.71. The number of hydrogen-bond acceptors (Lipinski definition) is 7. The molecule has 2 aromatic heterocycles. The molecule has 0 saturated heterocycles. The van der Waals surface area contributed by atoms with E-state index in [9.17, 15) is 10.1 Å². The van der Waals surface area contributed by atoms with Crippen LogP contribution in [0, 0.1) is 10.1 Å². The van der Waals surface area contributed by atoms with Gasteiger partial charge in [0, 0.05) is 24.2 Å². The fraction of sp³-hybridized carbons (Fsp3) is 0.200. The van der Waals surface area contributed by atoms with Crippen molar-refractivity contribution in [3.63, 3.8) is 0 Å². The van der Waals surface area contributed by atoms with Gasteiger partial charge in [-0.3, -0.25) is 15.1 Å². The fourth-order valence-electron chi connectivity index (χ4n) is 1.37. The van der Waals surface area contributed by atoms with Gasteiger partial charge in [-0.05, 0) is 6.07 Å². The van der Waals surface area contributed by atoms with Gasteiger partial charge in [-0.25, -0.2) is 4.98 Å². The van der Waals surface area contributed by atoms with Crippen molar-refractivity contribution in [2.75, 3.05) is 17.7 Å². The minimum atomic E-state index is -0.457. The highest BCUT2D eigenvalue weighted by atomic mass is 32.1. The SMILES string of the molecule is CNc1ccc([N+](=O)[O-])c(NCc2cncs2)n1. The number of thiazole rings is 1. The zero-order valence-corrected chi connectivity index (χ0v) is 10.4. The first-order valence-corrected chi connectivity index (χ1v) is 6.03. The second-order valence-electron chi connectivity index (χ2n) is 3.39. The zero-order chi connectivity index (χ0) is 13.0. The summed E-state index contributed by atoms with van der Waals surface area (Å²) in [6, 6.07) is 2.99. The van der Waals surface area contributed by atoms with E-state index in [1.165, 1.54) is 17.4 Å². The molecule has 0 saturated carbocycles. The summed E-state index contributed by atoms with van der Waals surface area (Å²) >= 11 is 1.48. The Labute approximate surface area is 107 Å². The van der Waals surface area contributed by atoms with E-state index in [2.05, 4.69) is 20.6 Å². The van der Waals surface area contributed by atoms with Crippen molar-refractivity contribution in [3.05, 3.63) is 38.8 Å². The number of rotatable bonds is 5. The van der Waals surface area contributed by atoms with Crippen molar-refractivity contribution >= 4 is 28.7 Å². The van der Waals surface area contributed by atoms with Gasteiger partial charge in [-0.15, -0.1) is 11.3 Å². The number of aromatic nitrogens is 2. The van der Waals surface area contributed by atoms with Gasteiger partial charge in [0.2, 0.25) is 5.82 Å². The largest absolute Gasteiger partial charge is 0.373 e. The minimum absolute atomic E-state index is 0.0430. The summed E-state index contributed by atoms with van der Waals surface area (Å²) in [5, 5.41) is 16.7. The van der Waals surface area contributed by atoms with E-state index in [0.717, 1.165) is 4.88 Å². The molecule has 8 heteroatoms. The molecule has 18 heavy (non-hydrogen) atoms. The molecule has 2 aromatic rings. The van der Waals surface area contributed by atoms with Gasteiger partial charge in [0.15, 0.2) is 0 Å². The minimum Gasteiger partial charge on any atom is -0.373 e. The number of anilines is 2. The Balaban J connectivity index is 2.20. The predicted molar refractivity (Wildman–Crippen MR) is 69.9 cm³/mol. The zero-order valence-electron chi connectivity index (χ0n) is 9.58. The number of hydrogen-bond donors (Lipinski definition) is 2. The highest BCUT2D eigenvalue weighted by Crippen LogP contribution is 2.24. The Morgan fingerprint density at radius 3 is 2.94 bits per heavy atom. The second-order valence-corrected chi connectivity index (χ2v) is 4.36. The maximum Gasteiger partial charge on any atom is 0.311 e. The Morgan fingerprint density at radius 1 is 1.50 bits per heavy atom. The van der Waals surface area contributed by atoms with Gasteiger partial charge in [0.1, 0.15) is 5.82 Å². The van der Waals surface area contributed by atoms with Crippen LogP contribution in [0.1, 0.15) is 4.88 Å². The lowest BCUT2D eigenvalue weighted by molar-refractivity contribution is -0.384. The van der Waals surface area contributed by atoms with Crippen LogP contribution in [-0.4, -0.2) is 21.9 Å². The normalized spacial score (nSPS) is 10.1. The van der Waals surface area contributed by atoms with Crippen molar-refractivity contribution in [2.45, 2.75) is 6.54 Å². The van der Waals surface area contributed by atoms with E-state index >= 15 is 0 Å². The summed E-state index contributed by atoms with van der Waals surface area (Å²) < 4.78 is 0. The molecule has 0 fully saturated rings. The summed E-state index contributed by atoms with van der Waals surface area (Å²) in [5.41, 5.74) is 1.67. The third kappa shape index (κ3) is 2.72. The maximum absolute atomic E-state index is 10.9. The first-order chi connectivity index (χ1) is 8.70. The van der Waals surface area contributed by atoms with Crippen LogP contribution >= 0.6 is 11.3 Å². The number of nitro groups is 1. The van der Waals surface area contributed by atoms with E-state index in [1.807, 2.05) is 0 Å². The molecule has 7 nitrogen and oxygen atoms in total. The molecular formula is C10H11N5O2S. The Bertz CT molecular complexity index is 543. The fourth-order valence-corrected chi connectivity index (χ4v) is 1.90. The van der Waals surface area contributed by atoms with Crippen LogP contribution in [0.4, 0.5) is 17.3 Å². The van der Waals surface area contributed by atoms with Crippen LogP contribution in [0.5, 0.6) is 0 Å². The number of pyridine rings is 1. The standard InChI is InChI=1S/C10H11N5O2S/c1-11-9-3-2-8(15(16)17)10(14-9)13-5-7-4-12-6-18-7/h2-4,6H,5H2,1H3,(H2,11,13,14). The summed E-state index contributed by atoms with van der Waals surface area (Å²) in [6.45, 7) is 0.464. The monoisotopic (exact) mass is 265 g/mol. The summed E-state index contributed by atoms with van der Waals surface area (Å²) in [5.74, 6) is 0.827. The lowest BCUT2D eigenvalue weighted by Gasteiger charge is -2.06. The molecule has 2 rings (SSSR count). The van der Waals surface area contributed by atoms with E-state index in [1.54, 1.807) is 24.8 Å². The quantitative estimate of drug-likeness (QED) is 0.635. The third-order valence-electron chi connectivity index (χ3n) is 2.24. The molecule has 2 N–H and O–H groups in total. The third-order valence-corrected chi connectivity index (χ3v) is 3.02. The molecule has 0 aliphatic carbocycles. The van der Waals surface area contributed by atoms with Crippen LogP contribution in [-0.2, 0) is 6.54 Å². The Morgan fingerprint density at radius 2 is 2.33 bits per heavy atom. The van der Waals surface area contributed by atoms with Crippen molar-refractivity contribution in [1.29, 1.82) is 0 Å². The van der Waals surface area contributed by atoms with Gasteiger partial charge in [-0.2, -0.15) is 0 Å². The van der Waals surface area contributed by atoms with Gasteiger partial charge >= 0.3 is 5.69 Å². The van der Waals surface area contributed by atoms with Crippen LogP contribution in [0.3, 0.4) is 0 Å². The molecule has 0 amide bonds. The van der Waals surface area contributed by atoms with Gasteiger partial charge in [0.05, 0.1) is 17.0 Å². The average molecular weight is 265 g/mol. The molecule has 0 radical (unpaired) electrons. The van der Waals surface area contributed by atoms with E-state index in [-0.39, 0.29) is 11.5 Å². The van der Waals surface area contributed by atoms with E-state index < -0.39 is 4.92 Å². The van der Waals surface area contributed by atoms with Crippen molar-refractivity contribution in [3.8, 4) is 0 Å². The predicted octanol–water partition coefficient (Wildman–Crippen LogP) is 2.10. The molecule has 2 heterocycles. The van der Waals surface area contributed by atoms with Crippen molar-refractivity contribution in [1.82, 2.24) is 9.97 Å². The molecule has 94 valence electrons. The van der Waals surface area contributed by atoms with Crippen molar-refractivity contribution < 1.29 is 4.92 Å². The molecule has 0 atom stereocenters. The summed E-state index contributed by atoms with van der Waals surface area (Å²) in [7, 11) is 1.71. The lowest BCUT2D eigenvalue weighted by atomic mass is 10.3. The molecular weight excluding hydrogens is 254 g/mol. The molecule has 0 aliphatic heterocycles. The number of nitrogens with zero attached hydrogens (tertiary/aromatic N) is 3. The van der Waals surface area contributed by atoms with Crippen LogP contribution < -0.4 is 10.6 Å². The summed E-state index contributed by atoms with van der Waals surface area (Å²) in [4.78, 5) is 19.5. The lowest BCUT2D eigenvalue weighted by Crippen LogP contribution is -2.05. The smallest absolute Gasteiger partial charge is 0.311 e. The first kappa shape index (κ1) is 12.2. The van der Waals surface area contributed by atoms with E-state index in [0.29, 0.717) is 12.4 Å². The highest BCUT2D eigenvalue weighted by Gasteiger charge is 2.15. The molecule has 0 aromatic carbocycles. The van der Waals surface area contributed by atoms with Crippen LogP contribution in [0.15, 0.2) is 23.8 Å². The molecule has 0 aliphatic rings. The molecule has 0 spiro atoms. The molecule has 0 bridgehead atoms. The van der Waals surface area contributed by atoms with E-state index in [4.69, 9.17) is 0 Å². The second kappa shape index (κ2) is 5.41. The van der Waals surface area contributed by atoms with Gasteiger partial charge in [0.25, 0.3) is 0 Å².